The number of carbonyl (C=O) groups is 4. The van der Waals surface area contributed by atoms with Crippen molar-refractivity contribution in [3.63, 3.8) is 0 Å². The summed E-state index contributed by atoms with van der Waals surface area (Å²) in [5, 5.41) is 6.35. The minimum Gasteiger partial charge on any atom is -0.268 e. The first-order valence-electron chi connectivity index (χ1n) is 21.1. The largest absolute Gasteiger partial charge is 0.268 e. The molecule has 6 heteroatoms. The number of fused-ring (bicyclic) bond motifs is 2. The van der Waals surface area contributed by atoms with Gasteiger partial charge >= 0.3 is 0 Å². The van der Waals surface area contributed by atoms with Crippen LogP contribution in [-0.4, -0.2) is 23.6 Å². The van der Waals surface area contributed by atoms with Gasteiger partial charge in [0.15, 0.2) is 0 Å². The van der Waals surface area contributed by atoms with E-state index in [2.05, 4.69) is 55.4 Å². The van der Waals surface area contributed by atoms with Crippen molar-refractivity contribution in [1.29, 1.82) is 0 Å². The molecule has 0 aromatic heterocycles. The third-order valence-corrected chi connectivity index (χ3v) is 13.0. The molecule has 2 heterocycles. The van der Waals surface area contributed by atoms with Crippen molar-refractivity contribution in [3.05, 3.63) is 154 Å². The summed E-state index contributed by atoms with van der Waals surface area (Å²) in [6, 6.07) is 35.6. The quantitative estimate of drug-likeness (QED) is 0.0916. The second-order valence-corrected chi connectivity index (χ2v) is 17.8. The van der Waals surface area contributed by atoms with Crippen molar-refractivity contribution in [1.82, 2.24) is 0 Å². The van der Waals surface area contributed by atoms with Crippen molar-refractivity contribution in [2.75, 3.05) is 9.80 Å². The lowest BCUT2D eigenvalue weighted by atomic mass is 9.79. The number of hydrogen-bond donors (Lipinski definition) is 0. The number of anilines is 2. The fourth-order valence-electron chi connectivity index (χ4n) is 10.2. The molecule has 8 aromatic rings. The predicted molar refractivity (Wildman–Crippen MR) is 245 cm³/mol. The number of rotatable bonds is 7. The second-order valence-electron chi connectivity index (χ2n) is 17.8. The summed E-state index contributed by atoms with van der Waals surface area (Å²) < 4.78 is 0. The number of benzene rings is 8. The van der Waals surface area contributed by atoms with E-state index in [1.807, 2.05) is 109 Å². The van der Waals surface area contributed by atoms with Gasteiger partial charge in [-0.1, -0.05) is 140 Å². The highest BCUT2D eigenvalue weighted by Gasteiger charge is 2.41. The van der Waals surface area contributed by atoms with E-state index in [0.29, 0.717) is 44.4 Å². The number of imide groups is 2. The summed E-state index contributed by atoms with van der Waals surface area (Å²) in [5.41, 5.74) is 8.78. The van der Waals surface area contributed by atoms with E-state index >= 15 is 4.79 Å². The molecule has 8 aromatic carbocycles. The van der Waals surface area contributed by atoms with Gasteiger partial charge in [-0.2, -0.15) is 0 Å². The average molecular weight is 787 g/mol. The topological polar surface area (TPSA) is 74.8 Å². The van der Waals surface area contributed by atoms with Crippen LogP contribution in [0.15, 0.2) is 109 Å². The Morgan fingerprint density at radius 3 is 1.15 bits per heavy atom. The van der Waals surface area contributed by atoms with Crippen molar-refractivity contribution >= 4 is 78.1 Å². The molecule has 0 N–H and O–H groups in total. The van der Waals surface area contributed by atoms with Crippen LogP contribution in [0.3, 0.4) is 0 Å². The van der Waals surface area contributed by atoms with E-state index in [1.54, 1.807) is 0 Å². The molecule has 0 saturated carbocycles. The number of amides is 4. The lowest BCUT2D eigenvalue weighted by molar-refractivity contribution is 0.0877. The second kappa shape index (κ2) is 13.4. The molecular formula is C54H46N2O4. The normalized spacial score (nSPS) is 14.3. The SMILES string of the molecule is CC(C)c1cccc(C(C)C)c1N1C(=O)c2ccc3c4ccc5c6c(cc(-c7ccccc7)c(c7ccc(c2c37)C1=O)c64)C(=O)N(c1c(C(C)C)cccc1C(C)C)C5=O. The van der Waals surface area contributed by atoms with Gasteiger partial charge in [-0.15, -0.1) is 0 Å². The van der Waals surface area contributed by atoms with Crippen LogP contribution in [0, 0.1) is 0 Å². The van der Waals surface area contributed by atoms with Crippen LogP contribution in [-0.2, 0) is 0 Å². The van der Waals surface area contributed by atoms with Gasteiger partial charge in [-0.25, -0.2) is 9.80 Å². The van der Waals surface area contributed by atoms with Crippen LogP contribution >= 0.6 is 0 Å². The zero-order valence-corrected chi connectivity index (χ0v) is 35.2. The third kappa shape index (κ3) is 5.06. The van der Waals surface area contributed by atoms with Crippen LogP contribution in [0.5, 0.6) is 0 Å². The van der Waals surface area contributed by atoms with Gasteiger partial charge in [0.25, 0.3) is 23.6 Å². The smallest absolute Gasteiger partial charge is 0.266 e. The molecule has 0 unspecified atom stereocenters. The van der Waals surface area contributed by atoms with Crippen LogP contribution in [0.1, 0.15) is 143 Å². The number of para-hydroxylation sites is 2. The van der Waals surface area contributed by atoms with Gasteiger partial charge in [-0.3, -0.25) is 19.2 Å². The van der Waals surface area contributed by atoms with Crippen LogP contribution in [0.25, 0.3) is 54.2 Å². The first kappa shape index (κ1) is 37.6. The Kier molecular flexibility index (Phi) is 8.42. The molecule has 0 aliphatic carbocycles. The van der Waals surface area contributed by atoms with Gasteiger partial charge < -0.3 is 0 Å². The molecule has 0 bridgehead atoms. The summed E-state index contributed by atoms with van der Waals surface area (Å²) in [4.78, 5) is 62.9. The molecule has 296 valence electrons. The Bertz CT molecular complexity index is 3120. The Labute approximate surface area is 349 Å². The Morgan fingerprint density at radius 1 is 0.333 bits per heavy atom. The average Bonchev–Trinajstić information content (AvgIpc) is 3.24. The van der Waals surface area contributed by atoms with E-state index in [0.717, 1.165) is 65.7 Å². The lowest BCUT2D eigenvalue weighted by Crippen LogP contribution is -2.42. The van der Waals surface area contributed by atoms with Crippen molar-refractivity contribution < 1.29 is 19.2 Å². The monoisotopic (exact) mass is 786 g/mol. The fraction of sp³-hybridized carbons (Fsp3) is 0.222. The number of nitrogens with zero attached hydrogens (tertiary/aromatic N) is 2. The maximum absolute atomic E-state index is 15.2. The summed E-state index contributed by atoms with van der Waals surface area (Å²) in [6.45, 7) is 16.7. The molecule has 2 aliphatic rings. The molecule has 10 rings (SSSR count). The molecule has 4 amide bonds. The van der Waals surface area contributed by atoms with Crippen molar-refractivity contribution in [2.24, 2.45) is 0 Å². The van der Waals surface area contributed by atoms with E-state index in [-0.39, 0.29) is 47.3 Å². The zero-order chi connectivity index (χ0) is 42.0. The first-order valence-corrected chi connectivity index (χ1v) is 21.1. The standard InChI is InChI=1S/C54H46N2O4/c1-27(2)32-16-12-17-33(28(3)4)49(32)55-51(57)39-23-20-36-37-21-24-41-47-43(54(60)56(53(41)59)50-34(29(5)6)18-13-19-35(50)30(7)8)26-42(31-14-10-9-11-15-31)45(48(37)47)38-22-25-40(52(55)58)46(39)44(36)38/h9-30H,1-8H3. The Morgan fingerprint density at radius 2 is 0.717 bits per heavy atom. The van der Waals surface area contributed by atoms with Crippen LogP contribution < -0.4 is 9.80 Å². The van der Waals surface area contributed by atoms with Crippen LogP contribution in [0.2, 0.25) is 0 Å². The highest BCUT2D eigenvalue weighted by Crippen LogP contribution is 2.51. The highest BCUT2D eigenvalue weighted by molar-refractivity contribution is 6.46. The first-order chi connectivity index (χ1) is 28.8. The van der Waals surface area contributed by atoms with E-state index < -0.39 is 0 Å². The lowest BCUT2D eigenvalue weighted by Gasteiger charge is -2.34. The maximum Gasteiger partial charge on any atom is 0.266 e. The van der Waals surface area contributed by atoms with Crippen molar-refractivity contribution in [2.45, 2.75) is 79.1 Å². The molecule has 60 heavy (non-hydrogen) atoms. The molecule has 0 spiro atoms. The number of hydrogen-bond acceptors (Lipinski definition) is 4. The fourth-order valence-corrected chi connectivity index (χ4v) is 10.2. The third-order valence-electron chi connectivity index (χ3n) is 13.0. The van der Waals surface area contributed by atoms with Crippen molar-refractivity contribution in [3.8, 4) is 11.1 Å². The summed E-state index contributed by atoms with van der Waals surface area (Å²) >= 11 is 0. The minimum atomic E-state index is -0.349. The molecule has 0 fully saturated rings. The van der Waals surface area contributed by atoms with Gasteiger partial charge in [0.1, 0.15) is 0 Å². The summed E-state index contributed by atoms with van der Waals surface area (Å²) in [5.74, 6) is -1.07. The Balaban J connectivity index is 1.29. The summed E-state index contributed by atoms with van der Waals surface area (Å²) in [6.07, 6.45) is 0. The van der Waals surface area contributed by atoms with E-state index in [9.17, 15) is 14.4 Å². The molecule has 0 radical (unpaired) electrons. The highest BCUT2D eigenvalue weighted by atomic mass is 16.2. The molecule has 0 saturated heterocycles. The molecule has 0 atom stereocenters. The van der Waals surface area contributed by atoms with Crippen LogP contribution in [0.4, 0.5) is 11.4 Å². The van der Waals surface area contributed by atoms with Gasteiger partial charge in [-0.05, 0) is 114 Å². The molecule has 2 aliphatic heterocycles. The predicted octanol–water partition coefficient (Wildman–Crippen LogP) is 13.5. The minimum absolute atomic E-state index is 0.0719. The van der Waals surface area contributed by atoms with Gasteiger partial charge in [0.2, 0.25) is 0 Å². The van der Waals surface area contributed by atoms with Gasteiger partial charge in [0, 0.05) is 33.0 Å². The van der Waals surface area contributed by atoms with Gasteiger partial charge in [0.05, 0.1) is 11.4 Å². The molecule has 6 nitrogen and oxygen atoms in total. The molecular weight excluding hydrogens is 741 g/mol. The Hall–Kier alpha value is -6.66. The number of carbonyl (C=O) groups excluding carboxylic acids is 4. The van der Waals surface area contributed by atoms with E-state index in [1.165, 1.54) is 9.80 Å². The van der Waals surface area contributed by atoms with E-state index in [4.69, 9.17) is 0 Å². The maximum atomic E-state index is 15.2. The zero-order valence-electron chi connectivity index (χ0n) is 35.2. The summed E-state index contributed by atoms with van der Waals surface area (Å²) in [7, 11) is 0.